The van der Waals surface area contributed by atoms with Gasteiger partial charge < -0.3 is 25.8 Å². The number of nitrogens with zero attached hydrogens (tertiary/aromatic N) is 2. The molecule has 8 heteroatoms. The quantitative estimate of drug-likeness (QED) is 0.433. The standard InChI is InChI=1S/C11H13N3O5/c1-2-5-3-14(11(18)13-9(5)12)10-8(17)7(16)6(4-15)19-10/h1,3,6-8,10,15-17H,4H2,(H2,12,13,18)/t6-,7-,8-,10?/m1/s1. The Bertz CT molecular complexity index is 579. The highest BCUT2D eigenvalue weighted by Gasteiger charge is 2.43. The van der Waals surface area contributed by atoms with Crippen molar-refractivity contribution in [3.05, 3.63) is 22.2 Å². The number of aromatic nitrogens is 2. The van der Waals surface area contributed by atoms with Crippen LogP contribution in [0.3, 0.4) is 0 Å². The number of hydrogen-bond acceptors (Lipinski definition) is 7. The first-order valence-corrected chi connectivity index (χ1v) is 5.47. The van der Waals surface area contributed by atoms with Crippen LogP contribution in [0.5, 0.6) is 0 Å². The van der Waals surface area contributed by atoms with Gasteiger partial charge in [0.25, 0.3) is 0 Å². The second kappa shape index (κ2) is 4.99. The predicted octanol–water partition coefficient (Wildman–Crippen LogP) is -2.58. The zero-order chi connectivity index (χ0) is 14.2. The lowest BCUT2D eigenvalue weighted by atomic mass is 10.1. The van der Waals surface area contributed by atoms with Crippen molar-refractivity contribution in [2.75, 3.05) is 12.3 Å². The Morgan fingerprint density at radius 2 is 2.21 bits per heavy atom. The van der Waals surface area contributed by atoms with E-state index in [1.165, 1.54) is 6.20 Å². The molecule has 0 radical (unpaired) electrons. The molecule has 2 heterocycles. The summed E-state index contributed by atoms with van der Waals surface area (Å²) in [5, 5.41) is 28.4. The van der Waals surface area contributed by atoms with Gasteiger partial charge in [-0.05, 0) is 0 Å². The Balaban J connectivity index is 2.44. The van der Waals surface area contributed by atoms with Crippen molar-refractivity contribution in [1.82, 2.24) is 9.55 Å². The molecule has 1 aliphatic heterocycles. The molecule has 0 bridgehead atoms. The SMILES string of the molecule is C#Cc1cn(C2O[C@H](CO)[C@@H](O)[C@H]2O)c(=O)nc1N. The monoisotopic (exact) mass is 267 g/mol. The second-order valence-corrected chi connectivity index (χ2v) is 4.10. The molecule has 1 aromatic heterocycles. The molecule has 1 fully saturated rings. The molecule has 2 rings (SSSR count). The van der Waals surface area contributed by atoms with Crippen molar-refractivity contribution in [3.63, 3.8) is 0 Å². The van der Waals surface area contributed by atoms with E-state index in [1.54, 1.807) is 0 Å². The minimum Gasteiger partial charge on any atom is -0.394 e. The van der Waals surface area contributed by atoms with Crippen molar-refractivity contribution < 1.29 is 20.1 Å². The summed E-state index contributed by atoms with van der Waals surface area (Å²) in [6, 6.07) is 0. The summed E-state index contributed by atoms with van der Waals surface area (Å²) in [7, 11) is 0. The van der Waals surface area contributed by atoms with Crippen LogP contribution in [0.2, 0.25) is 0 Å². The normalized spacial score (nSPS) is 30.2. The topological polar surface area (TPSA) is 131 Å². The van der Waals surface area contributed by atoms with Crippen LogP contribution in [0, 0.1) is 12.3 Å². The molecule has 1 saturated heterocycles. The van der Waals surface area contributed by atoms with Crippen LogP contribution < -0.4 is 11.4 Å². The Hall–Kier alpha value is -1.92. The Kier molecular flexibility index (Phi) is 3.55. The Morgan fingerprint density at radius 3 is 2.74 bits per heavy atom. The summed E-state index contributed by atoms with van der Waals surface area (Å²) in [6.07, 6.45) is 1.56. The third-order valence-corrected chi connectivity index (χ3v) is 2.93. The molecule has 0 aromatic carbocycles. The summed E-state index contributed by atoms with van der Waals surface area (Å²) in [6.45, 7) is -0.492. The molecule has 8 nitrogen and oxygen atoms in total. The van der Waals surface area contributed by atoms with Crippen LogP contribution in [0.25, 0.3) is 0 Å². The highest BCUT2D eigenvalue weighted by Crippen LogP contribution is 2.28. The van der Waals surface area contributed by atoms with Crippen LogP contribution >= 0.6 is 0 Å². The first-order valence-electron chi connectivity index (χ1n) is 5.47. The molecule has 0 saturated carbocycles. The van der Waals surface area contributed by atoms with Gasteiger partial charge >= 0.3 is 5.69 Å². The maximum atomic E-state index is 11.7. The molecule has 0 spiro atoms. The largest absolute Gasteiger partial charge is 0.394 e. The van der Waals surface area contributed by atoms with E-state index < -0.39 is 36.8 Å². The van der Waals surface area contributed by atoms with E-state index in [9.17, 15) is 15.0 Å². The van der Waals surface area contributed by atoms with Crippen molar-refractivity contribution in [2.24, 2.45) is 0 Å². The minimum atomic E-state index is -1.38. The Labute approximate surface area is 108 Å². The third kappa shape index (κ3) is 2.20. The fourth-order valence-corrected chi connectivity index (χ4v) is 1.88. The van der Waals surface area contributed by atoms with E-state index in [4.69, 9.17) is 22.0 Å². The van der Waals surface area contributed by atoms with Gasteiger partial charge in [0.2, 0.25) is 0 Å². The highest BCUT2D eigenvalue weighted by atomic mass is 16.6. The van der Waals surface area contributed by atoms with Crippen molar-refractivity contribution in [2.45, 2.75) is 24.5 Å². The van der Waals surface area contributed by atoms with Gasteiger partial charge in [0.15, 0.2) is 6.23 Å². The lowest BCUT2D eigenvalue weighted by Gasteiger charge is -2.17. The fraction of sp³-hybridized carbons (Fsp3) is 0.455. The highest BCUT2D eigenvalue weighted by molar-refractivity contribution is 5.47. The smallest absolute Gasteiger partial charge is 0.351 e. The number of aliphatic hydroxyl groups excluding tert-OH is 3. The van der Waals surface area contributed by atoms with E-state index in [1.807, 2.05) is 0 Å². The molecule has 102 valence electrons. The molecule has 19 heavy (non-hydrogen) atoms. The predicted molar refractivity (Wildman–Crippen MR) is 63.9 cm³/mol. The van der Waals surface area contributed by atoms with E-state index in [0.29, 0.717) is 0 Å². The summed E-state index contributed by atoms with van der Waals surface area (Å²) in [5.41, 5.74) is 4.85. The van der Waals surface area contributed by atoms with Gasteiger partial charge in [-0.2, -0.15) is 4.98 Å². The van der Waals surface area contributed by atoms with Gasteiger partial charge in [0.1, 0.15) is 24.1 Å². The first-order chi connectivity index (χ1) is 8.99. The van der Waals surface area contributed by atoms with Crippen LogP contribution in [-0.2, 0) is 4.74 Å². The molecular formula is C11H13N3O5. The molecule has 0 amide bonds. The third-order valence-electron chi connectivity index (χ3n) is 2.93. The fourth-order valence-electron chi connectivity index (χ4n) is 1.88. The van der Waals surface area contributed by atoms with E-state index >= 15 is 0 Å². The van der Waals surface area contributed by atoms with Gasteiger partial charge in [0, 0.05) is 6.20 Å². The molecule has 1 aliphatic rings. The Morgan fingerprint density at radius 1 is 1.53 bits per heavy atom. The van der Waals surface area contributed by atoms with Crippen LogP contribution in [0.4, 0.5) is 5.82 Å². The van der Waals surface area contributed by atoms with Crippen LogP contribution in [0.15, 0.2) is 11.0 Å². The molecule has 1 unspecified atom stereocenters. The number of hydrogen-bond donors (Lipinski definition) is 4. The number of nitrogens with two attached hydrogens (primary N) is 1. The van der Waals surface area contributed by atoms with E-state index in [0.717, 1.165) is 4.57 Å². The minimum absolute atomic E-state index is 0.101. The number of ether oxygens (including phenoxy) is 1. The van der Waals surface area contributed by atoms with Crippen LogP contribution in [0.1, 0.15) is 11.8 Å². The average Bonchev–Trinajstić information content (AvgIpc) is 2.67. The van der Waals surface area contributed by atoms with Gasteiger partial charge in [-0.25, -0.2) is 4.79 Å². The summed E-state index contributed by atoms with van der Waals surface area (Å²) in [4.78, 5) is 15.2. The molecule has 0 aliphatic carbocycles. The van der Waals surface area contributed by atoms with Gasteiger partial charge in [-0.1, -0.05) is 5.92 Å². The van der Waals surface area contributed by atoms with Gasteiger partial charge in [-0.3, -0.25) is 4.57 Å². The molecule has 5 N–H and O–H groups in total. The maximum absolute atomic E-state index is 11.7. The van der Waals surface area contributed by atoms with Gasteiger partial charge in [0.05, 0.1) is 12.2 Å². The van der Waals surface area contributed by atoms with E-state index in [-0.39, 0.29) is 11.4 Å². The lowest BCUT2D eigenvalue weighted by Crippen LogP contribution is -2.36. The number of nitrogen functional groups attached to an aromatic ring is 1. The van der Waals surface area contributed by atoms with Crippen molar-refractivity contribution in [3.8, 4) is 12.3 Å². The van der Waals surface area contributed by atoms with Crippen molar-refractivity contribution >= 4 is 5.82 Å². The number of terminal acetylenes is 1. The van der Waals surface area contributed by atoms with Crippen molar-refractivity contribution in [1.29, 1.82) is 0 Å². The maximum Gasteiger partial charge on any atom is 0.351 e. The zero-order valence-electron chi connectivity index (χ0n) is 9.80. The summed E-state index contributed by atoms with van der Waals surface area (Å²) in [5.74, 6) is 2.14. The first kappa shape index (κ1) is 13.5. The molecular weight excluding hydrogens is 254 g/mol. The number of aliphatic hydroxyl groups is 3. The average molecular weight is 267 g/mol. The van der Waals surface area contributed by atoms with E-state index in [2.05, 4.69) is 10.9 Å². The summed E-state index contributed by atoms with van der Waals surface area (Å²) >= 11 is 0. The van der Waals surface area contributed by atoms with Gasteiger partial charge in [-0.15, -0.1) is 6.42 Å². The zero-order valence-corrected chi connectivity index (χ0v) is 9.80. The number of anilines is 1. The lowest BCUT2D eigenvalue weighted by molar-refractivity contribution is -0.0549. The molecule has 4 atom stereocenters. The molecule has 1 aromatic rings. The van der Waals surface area contributed by atoms with Crippen LogP contribution in [-0.4, -0.2) is 49.8 Å². The summed E-state index contributed by atoms with van der Waals surface area (Å²) < 4.78 is 6.14. The number of rotatable bonds is 2. The second-order valence-electron chi connectivity index (χ2n) is 4.10.